The van der Waals surface area contributed by atoms with Gasteiger partial charge in [0, 0.05) is 47.1 Å². The summed E-state index contributed by atoms with van der Waals surface area (Å²) in [6.07, 6.45) is 1.47. The summed E-state index contributed by atoms with van der Waals surface area (Å²) >= 11 is 4.64. The van der Waals surface area contributed by atoms with Crippen LogP contribution in [0, 0.1) is 0 Å². The molecule has 0 aliphatic carbocycles. The smallest absolute Gasteiger partial charge is 0.125 e. The summed E-state index contributed by atoms with van der Waals surface area (Å²) < 4.78 is 0. The Hall–Kier alpha value is -1.61. The number of nitrogens with two attached hydrogens (primary N) is 1. The van der Waals surface area contributed by atoms with Crippen LogP contribution in [-0.2, 0) is 0 Å². The van der Waals surface area contributed by atoms with E-state index in [4.69, 9.17) is 5.73 Å². The van der Waals surface area contributed by atoms with Crippen LogP contribution in [0.4, 0.5) is 11.4 Å². The van der Waals surface area contributed by atoms with Crippen LogP contribution < -0.4 is 11.1 Å². The molecule has 4 heteroatoms. The lowest BCUT2D eigenvalue weighted by molar-refractivity contribution is 0.482. The Balaban J connectivity index is 0.000000461. The molecule has 0 bridgehead atoms. The molecule has 0 radical (unpaired) electrons. The van der Waals surface area contributed by atoms with Gasteiger partial charge in [0.15, 0.2) is 0 Å². The zero-order chi connectivity index (χ0) is 15.3. The minimum absolute atomic E-state index is 0.294. The van der Waals surface area contributed by atoms with Gasteiger partial charge in [-0.1, -0.05) is 32.9 Å². The number of benzene rings is 2. The fraction of sp³-hybridized carbons (Fsp3) is 0.375. The predicted octanol–water partition coefficient (Wildman–Crippen LogP) is 4.54. The number of nitrogens with one attached hydrogen (secondary N) is 1. The third-order valence-corrected chi connectivity index (χ3v) is 3.30. The van der Waals surface area contributed by atoms with Crippen molar-refractivity contribution >= 4 is 33.7 Å². The molecule has 0 spiro atoms. The first-order valence-electron chi connectivity index (χ1n) is 6.84. The first kappa shape index (κ1) is 16.4. The summed E-state index contributed by atoms with van der Waals surface area (Å²) in [5.41, 5.74) is 9.00. The number of rotatable bonds is 0. The van der Waals surface area contributed by atoms with Gasteiger partial charge < -0.3 is 16.2 Å². The molecular formula is C16H23ClN2O. The minimum atomic E-state index is 0.294. The number of phenolic OH excluding ortho intramolecular Hbond substituents is 1. The largest absolute Gasteiger partial charge is 0.507 e. The van der Waals surface area contributed by atoms with Crippen molar-refractivity contribution in [2.24, 2.45) is 0 Å². The number of halogens is 1. The second-order valence-corrected chi connectivity index (χ2v) is 4.41. The van der Waals surface area contributed by atoms with E-state index in [1.807, 2.05) is 32.0 Å². The maximum Gasteiger partial charge on any atom is 0.125 e. The third kappa shape index (κ3) is 2.78. The second-order valence-electron chi connectivity index (χ2n) is 4.41. The number of aromatic hydroxyl groups is 1. The Morgan fingerprint density at radius 1 is 1.30 bits per heavy atom. The van der Waals surface area contributed by atoms with E-state index < -0.39 is 0 Å². The Morgan fingerprint density at radius 2 is 1.95 bits per heavy atom. The molecular weight excluding hydrogens is 272 g/mol. The Morgan fingerprint density at radius 3 is 2.60 bits per heavy atom. The summed E-state index contributed by atoms with van der Waals surface area (Å²) in [5, 5.41) is 15.1. The van der Waals surface area contributed by atoms with Crippen LogP contribution in [0.5, 0.6) is 5.75 Å². The maximum atomic E-state index is 9.95. The molecule has 0 saturated heterocycles. The first-order valence-corrected chi connectivity index (χ1v) is 7.60. The Kier molecular flexibility index (Phi) is 5.96. The van der Waals surface area contributed by atoms with Gasteiger partial charge in [-0.05, 0) is 11.6 Å². The molecule has 20 heavy (non-hydrogen) atoms. The average Bonchev–Trinajstić information content (AvgIpc) is 2.85. The van der Waals surface area contributed by atoms with Gasteiger partial charge in [-0.15, -0.1) is 11.6 Å². The van der Waals surface area contributed by atoms with Crippen molar-refractivity contribution in [3.63, 3.8) is 0 Å². The molecule has 1 heterocycles. The highest BCUT2D eigenvalue weighted by Crippen LogP contribution is 2.43. The number of fused-ring (bicyclic) bond motifs is 3. The highest BCUT2D eigenvalue weighted by atomic mass is 35.5. The molecule has 0 aromatic heterocycles. The van der Waals surface area contributed by atoms with E-state index in [2.05, 4.69) is 23.8 Å². The maximum absolute atomic E-state index is 9.95. The molecule has 2 aromatic rings. The van der Waals surface area contributed by atoms with Crippen LogP contribution in [0.2, 0.25) is 0 Å². The van der Waals surface area contributed by atoms with Crippen LogP contribution in [0.25, 0.3) is 10.8 Å². The van der Waals surface area contributed by atoms with Crippen LogP contribution in [0.1, 0.15) is 32.3 Å². The van der Waals surface area contributed by atoms with Crippen LogP contribution >= 0.6 is 11.6 Å². The number of nitrogen functional groups attached to an aromatic ring is 1. The van der Waals surface area contributed by atoms with E-state index >= 15 is 0 Å². The molecule has 3 nitrogen and oxygen atoms in total. The van der Waals surface area contributed by atoms with Crippen LogP contribution in [-0.4, -0.2) is 18.0 Å². The molecule has 2 aromatic carbocycles. The van der Waals surface area contributed by atoms with E-state index in [0.717, 1.165) is 28.7 Å². The molecule has 0 fully saturated rings. The van der Waals surface area contributed by atoms with Gasteiger partial charge in [0.25, 0.3) is 0 Å². The third-order valence-electron chi connectivity index (χ3n) is 3.30. The summed E-state index contributed by atoms with van der Waals surface area (Å²) in [5.74, 6) is 0.727. The van der Waals surface area contributed by atoms with Crippen molar-refractivity contribution in [2.75, 3.05) is 24.0 Å². The first-order chi connectivity index (χ1) is 9.68. The number of alkyl halides is 1. The summed E-state index contributed by atoms with van der Waals surface area (Å²) in [6.45, 7) is 7.07. The van der Waals surface area contributed by atoms with Crippen molar-refractivity contribution in [1.29, 1.82) is 0 Å². The summed E-state index contributed by atoms with van der Waals surface area (Å²) in [6, 6.07) is 7.46. The molecule has 1 unspecified atom stereocenters. The SMILES string of the molecule is CC.CC1CNc2cc(O)c3cccc(N)c3c21.CCl. The fourth-order valence-electron chi connectivity index (χ4n) is 2.53. The van der Waals surface area contributed by atoms with Gasteiger partial charge >= 0.3 is 0 Å². The topological polar surface area (TPSA) is 58.3 Å². The van der Waals surface area contributed by atoms with Gasteiger partial charge in [0.1, 0.15) is 5.75 Å². The zero-order valence-electron chi connectivity index (χ0n) is 12.5. The van der Waals surface area contributed by atoms with Gasteiger partial charge in [0.05, 0.1) is 0 Å². The minimum Gasteiger partial charge on any atom is -0.507 e. The standard InChI is InChI=1S/C13H14N2O.C2H6.CH3Cl/c1-7-6-15-10-5-11(16)8-3-2-4-9(14)13(8)12(7)10;2*1-2/h2-5,7,15-16H,6,14H2,1H3;1-2H3;1H3. The Bertz CT molecular complexity index is 584. The van der Waals surface area contributed by atoms with Crippen LogP contribution in [0.15, 0.2) is 24.3 Å². The Labute approximate surface area is 125 Å². The number of hydrogen-bond acceptors (Lipinski definition) is 3. The molecule has 1 aliphatic rings. The van der Waals surface area contributed by atoms with Gasteiger partial charge in [0.2, 0.25) is 0 Å². The number of hydrogen-bond donors (Lipinski definition) is 3. The molecule has 4 N–H and O–H groups in total. The number of anilines is 2. The van der Waals surface area contributed by atoms with E-state index in [1.165, 1.54) is 11.9 Å². The van der Waals surface area contributed by atoms with E-state index in [9.17, 15) is 5.11 Å². The lowest BCUT2D eigenvalue weighted by Crippen LogP contribution is -1.97. The summed E-state index contributed by atoms with van der Waals surface area (Å²) in [4.78, 5) is 0. The van der Waals surface area contributed by atoms with Crippen molar-refractivity contribution in [3.05, 3.63) is 29.8 Å². The predicted molar refractivity (Wildman–Crippen MR) is 90.1 cm³/mol. The normalized spacial score (nSPS) is 15.3. The van der Waals surface area contributed by atoms with E-state index in [0.29, 0.717) is 11.7 Å². The molecule has 0 amide bonds. The van der Waals surface area contributed by atoms with Gasteiger partial charge in [-0.2, -0.15) is 0 Å². The second kappa shape index (κ2) is 7.25. The number of phenols is 1. The lowest BCUT2D eigenvalue weighted by Gasteiger charge is -2.12. The molecule has 0 saturated carbocycles. The summed E-state index contributed by atoms with van der Waals surface area (Å²) in [7, 11) is 0. The van der Waals surface area contributed by atoms with Gasteiger partial charge in [-0.25, -0.2) is 0 Å². The molecule has 110 valence electrons. The average molecular weight is 295 g/mol. The fourth-order valence-corrected chi connectivity index (χ4v) is 2.53. The zero-order valence-corrected chi connectivity index (χ0v) is 13.3. The quantitative estimate of drug-likeness (QED) is 0.494. The monoisotopic (exact) mass is 294 g/mol. The molecule has 1 atom stereocenters. The van der Waals surface area contributed by atoms with E-state index in [-0.39, 0.29) is 0 Å². The van der Waals surface area contributed by atoms with Crippen molar-refractivity contribution in [3.8, 4) is 5.75 Å². The van der Waals surface area contributed by atoms with Gasteiger partial charge in [-0.3, -0.25) is 0 Å². The molecule has 3 rings (SSSR count). The van der Waals surface area contributed by atoms with Crippen molar-refractivity contribution in [1.82, 2.24) is 0 Å². The lowest BCUT2D eigenvalue weighted by atomic mass is 9.94. The van der Waals surface area contributed by atoms with Crippen molar-refractivity contribution < 1.29 is 5.11 Å². The highest BCUT2D eigenvalue weighted by molar-refractivity contribution is 6.15. The highest BCUT2D eigenvalue weighted by Gasteiger charge is 2.23. The van der Waals surface area contributed by atoms with E-state index in [1.54, 1.807) is 6.07 Å². The molecule has 1 aliphatic heterocycles. The van der Waals surface area contributed by atoms with Crippen molar-refractivity contribution in [2.45, 2.75) is 26.7 Å². The van der Waals surface area contributed by atoms with Crippen LogP contribution in [0.3, 0.4) is 0 Å².